The number of rotatable bonds is 1. The lowest BCUT2D eigenvalue weighted by molar-refractivity contribution is -0.137. The van der Waals surface area contributed by atoms with Crippen LogP contribution in [0.15, 0.2) is 17.0 Å². The molecule has 0 aromatic heterocycles. The molecule has 0 fully saturated rings. The van der Waals surface area contributed by atoms with Gasteiger partial charge in [0.2, 0.25) is 0 Å². The summed E-state index contributed by atoms with van der Waals surface area (Å²) in [7, 11) is 0.713. The van der Waals surface area contributed by atoms with E-state index in [0.717, 1.165) is 6.07 Å². The summed E-state index contributed by atoms with van der Waals surface area (Å²) >= 11 is 1.50. The third-order valence-corrected chi connectivity index (χ3v) is 4.38. The van der Waals surface area contributed by atoms with Crippen molar-refractivity contribution in [3.63, 3.8) is 0 Å². The molecule has 3 nitrogen and oxygen atoms in total. The van der Waals surface area contributed by atoms with Crippen molar-refractivity contribution in [2.24, 2.45) is 0 Å². The molecule has 0 spiro atoms. The second-order valence-corrected chi connectivity index (χ2v) is 6.57. The van der Waals surface area contributed by atoms with Crippen molar-refractivity contribution in [1.82, 2.24) is 0 Å². The number of nitrogens with zero attached hydrogens (tertiary/aromatic N) is 1. The second kappa shape index (κ2) is 4.62. The molecule has 0 saturated carbocycles. The van der Waals surface area contributed by atoms with E-state index >= 15 is 0 Å². The largest absolute Gasteiger partial charge is 0.417 e. The number of nitriles is 1. The van der Waals surface area contributed by atoms with Crippen molar-refractivity contribution in [2.75, 3.05) is 0 Å². The average Bonchev–Trinajstić information content (AvgIpc) is 2.13. The fourth-order valence-corrected chi connectivity index (χ4v) is 3.73. The smallest absolute Gasteiger partial charge is 0.207 e. The highest BCUT2D eigenvalue weighted by atomic mass is 127. The number of halogens is 5. The zero-order valence-corrected chi connectivity index (χ0v) is 11.4. The molecule has 17 heavy (non-hydrogen) atoms. The molecule has 1 rings (SSSR count). The van der Waals surface area contributed by atoms with Gasteiger partial charge in [-0.1, -0.05) is 0 Å². The monoisotopic (exact) mass is 395 g/mol. The summed E-state index contributed by atoms with van der Waals surface area (Å²) in [6.07, 6.45) is -4.81. The summed E-state index contributed by atoms with van der Waals surface area (Å²) in [6, 6.07) is 2.55. The number of hydrogen-bond donors (Lipinski definition) is 0. The molecule has 92 valence electrons. The van der Waals surface area contributed by atoms with Crippen LogP contribution < -0.4 is 0 Å². The highest BCUT2D eigenvalue weighted by molar-refractivity contribution is 14.1. The van der Waals surface area contributed by atoms with E-state index in [-0.39, 0.29) is 3.57 Å². The Kier molecular flexibility index (Phi) is 3.95. The predicted octanol–water partition coefficient (Wildman–Crippen LogP) is 3.11. The molecule has 0 heterocycles. The van der Waals surface area contributed by atoms with Crippen LogP contribution in [-0.2, 0) is 15.2 Å². The lowest BCUT2D eigenvalue weighted by Gasteiger charge is -2.10. The van der Waals surface area contributed by atoms with Crippen molar-refractivity contribution >= 4 is 42.3 Å². The molecule has 0 radical (unpaired) electrons. The Morgan fingerprint density at radius 2 is 1.88 bits per heavy atom. The van der Waals surface area contributed by atoms with E-state index in [1.165, 1.54) is 28.7 Å². The lowest BCUT2D eigenvalue weighted by atomic mass is 10.1. The van der Waals surface area contributed by atoms with Gasteiger partial charge >= 0.3 is 6.18 Å². The minimum atomic E-state index is -4.81. The van der Waals surface area contributed by atoms with Crippen molar-refractivity contribution in [1.29, 1.82) is 5.26 Å². The summed E-state index contributed by atoms with van der Waals surface area (Å²) in [5, 5.41) is 8.56. The van der Waals surface area contributed by atoms with Crippen molar-refractivity contribution < 1.29 is 21.6 Å². The van der Waals surface area contributed by atoms with Gasteiger partial charge in [-0.15, -0.1) is 0 Å². The number of hydrogen-bond acceptors (Lipinski definition) is 3. The summed E-state index contributed by atoms with van der Waals surface area (Å²) in [5.74, 6) is 0. The first-order chi connectivity index (χ1) is 7.57. The third kappa shape index (κ3) is 3.23. The van der Waals surface area contributed by atoms with E-state index in [4.69, 9.17) is 15.9 Å². The van der Waals surface area contributed by atoms with Crippen LogP contribution in [0, 0.1) is 14.9 Å². The SMILES string of the molecule is N#Cc1cc(I)c(S(=O)(=O)Cl)cc1C(F)(F)F. The third-order valence-electron chi connectivity index (χ3n) is 1.76. The van der Waals surface area contributed by atoms with Gasteiger partial charge in [-0.2, -0.15) is 18.4 Å². The van der Waals surface area contributed by atoms with Gasteiger partial charge in [-0.05, 0) is 34.7 Å². The standard InChI is InChI=1S/C8H2ClF3INO2S/c9-17(15,16)7-2-5(8(10,11)12)4(3-14)1-6(7)13/h1-2H. The molecule has 0 bridgehead atoms. The number of benzene rings is 1. The molecule has 0 saturated heterocycles. The molecule has 1 aromatic rings. The zero-order valence-electron chi connectivity index (χ0n) is 7.72. The second-order valence-electron chi connectivity index (χ2n) is 2.88. The van der Waals surface area contributed by atoms with Gasteiger partial charge in [-0.3, -0.25) is 0 Å². The van der Waals surface area contributed by atoms with Crippen LogP contribution in [0.1, 0.15) is 11.1 Å². The molecule has 0 atom stereocenters. The Morgan fingerprint density at radius 1 is 1.35 bits per heavy atom. The first-order valence-electron chi connectivity index (χ1n) is 3.83. The molecular weight excluding hydrogens is 394 g/mol. The molecule has 0 unspecified atom stereocenters. The minimum absolute atomic E-state index is 0.0397. The quantitative estimate of drug-likeness (QED) is 0.542. The van der Waals surface area contributed by atoms with E-state index in [2.05, 4.69) is 0 Å². The van der Waals surface area contributed by atoms with Gasteiger partial charge in [0.15, 0.2) is 0 Å². The van der Waals surface area contributed by atoms with Gasteiger partial charge in [0, 0.05) is 14.3 Å². The van der Waals surface area contributed by atoms with E-state index in [0.29, 0.717) is 6.07 Å². The number of alkyl halides is 3. The van der Waals surface area contributed by atoms with Crippen LogP contribution in [0.25, 0.3) is 0 Å². The van der Waals surface area contributed by atoms with Crippen LogP contribution in [0.4, 0.5) is 13.2 Å². The van der Waals surface area contributed by atoms with Gasteiger partial charge in [0.05, 0.1) is 22.1 Å². The van der Waals surface area contributed by atoms with Crippen molar-refractivity contribution in [2.45, 2.75) is 11.1 Å². The van der Waals surface area contributed by atoms with Crippen LogP contribution in [0.3, 0.4) is 0 Å². The molecule has 0 amide bonds. The van der Waals surface area contributed by atoms with E-state index in [9.17, 15) is 21.6 Å². The molecule has 0 aliphatic carbocycles. The normalized spacial score (nSPS) is 12.2. The van der Waals surface area contributed by atoms with Crippen molar-refractivity contribution in [3.05, 3.63) is 26.8 Å². The fraction of sp³-hybridized carbons (Fsp3) is 0.125. The molecule has 0 aliphatic rings. The van der Waals surface area contributed by atoms with Gasteiger partial charge in [0.25, 0.3) is 9.05 Å². The Bertz CT molecular complexity index is 606. The Hall–Kier alpha value is -0.530. The van der Waals surface area contributed by atoms with E-state index in [1.807, 2.05) is 0 Å². The first kappa shape index (κ1) is 14.5. The maximum atomic E-state index is 12.5. The van der Waals surface area contributed by atoms with Crippen LogP contribution in [-0.4, -0.2) is 8.42 Å². The molecule has 0 aliphatic heterocycles. The highest BCUT2D eigenvalue weighted by Crippen LogP contribution is 2.35. The Morgan fingerprint density at radius 3 is 2.24 bits per heavy atom. The average molecular weight is 396 g/mol. The topological polar surface area (TPSA) is 57.9 Å². The highest BCUT2D eigenvalue weighted by Gasteiger charge is 2.35. The molecule has 9 heteroatoms. The summed E-state index contributed by atoms with van der Waals surface area (Å²) in [4.78, 5) is -0.661. The predicted molar refractivity (Wildman–Crippen MR) is 61.9 cm³/mol. The fourth-order valence-electron chi connectivity index (χ4n) is 1.07. The molecular formula is C8H2ClF3INO2S. The van der Waals surface area contributed by atoms with E-state index in [1.54, 1.807) is 0 Å². The van der Waals surface area contributed by atoms with E-state index < -0.39 is 31.2 Å². The van der Waals surface area contributed by atoms with Crippen LogP contribution in [0.2, 0.25) is 0 Å². The first-order valence-corrected chi connectivity index (χ1v) is 7.21. The van der Waals surface area contributed by atoms with Gasteiger partial charge < -0.3 is 0 Å². The minimum Gasteiger partial charge on any atom is -0.207 e. The molecule has 0 N–H and O–H groups in total. The lowest BCUT2D eigenvalue weighted by Crippen LogP contribution is -2.10. The zero-order chi connectivity index (χ0) is 13.4. The molecule has 1 aromatic carbocycles. The maximum Gasteiger partial charge on any atom is 0.417 e. The van der Waals surface area contributed by atoms with Gasteiger partial charge in [-0.25, -0.2) is 8.42 Å². The van der Waals surface area contributed by atoms with Crippen molar-refractivity contribution in [3.8, 4) is 6.07 Å². The summed E-state index contributed by atoms with van der Waals surface area (Å²) < 4.78 is 59.7. The van der Waals surface area contributed by atoms with Crippen LogP contribution in [0.5, 0.6) is 0 Å². The maximum absolute atomic E-state index is 12.5. The Balaban J connectivity index is 3.69. The van der Waals surface area contributed by atoms with Crippen LogP contribution >= 0.6 is 33.3 Å². The van der Waals surface area contributed by atoms with Gasteiger partial charge in [0.1, 0.15) is 0 Å². The Labute approximate surface area is 113 Å². The summed E-state index contributed by atoms with van der Waals surface area (Å²) in [6.45, 7) is 0. The summed E-state index contributed by atoms with van der Waals surface area (Å²) in [5.41, 5.74) is -1.97.